The molecule has 0 spiro atoms. The molecule has 7 heteroatoms. The van der Waals surface area contributed by atoms with Gasteiger partial charge in [-0.15, -0.1) is 0 Å². The molecule has 1 aromatic heterocycles. The van der Waals surface area contributed by atoms with Crippen LogP contribution in [-0.2, 0) is 12.8 Å². The van der Waals surface area contributed by atoms with Crippen molar-refractivity contribution in [3.05, 3.63) is 83.2 Å². The number of benzene rings is 2. The van der Waals surface area contributed by atoms with Crippen LogP contribution < -0.4 is 15.0 Å². The molecule has 172 valence electrons. The molecule has 0 saturated heterocycles. The summed E-state index contributed by atoms with van der Waals surface area (Å²) in [5.41, 5.74) is 4.25. The summed E-state index contributed by atoms with van der Waals surface area (Å²) >= 11 is 0. The first-order chi connectivity index (χ1) is 15.9. The standard InChI is InChI=1S/C26H29N3O4/c1-29(2)22-11-20(26(31)32)13-24(14-22)33-23-8-6-17-5-7-21(10-19(17)12-23)28-16-25(30)18-4-3-9-27-15-18/h3-4,6,8-9,11-15,21,25,28,30H,5,7,10,16H2,1-2H3,(H,31,32)/t21-,25+/m0/s1. The molecule has 7 nitrogen and oxygen atoms in total. The van der Waals surface area contributed by atoms with Gasteiger partial charge in [0.1, 0.15) is 11.5 Å². The first kappa shape index (κ1) is 22.8. The van der Waals surface area contributed by atoms with E-state index >= 15 is 0 Å². The van der Waals surface area contributed by atoms with Crippen molar-refractivity contribution in [3.8, 4) is 11.5 Å². The van der Waals surface area contributed by atoms with Crippen molar-refractivity contribution in [2.75, 3.05) is 25.5 Å². The second kappa shape index (κ2) is 10.0. The highest BCUT2D eigenvalue weighted by molar-refractivity contribution is 5.89. The number of aliphatic hydroxyl groups excluding tert-OH is 1. The second-order valence-electron chi connectivity index (χ2n) is 8.60. The van der Waals surface area contributed by atoms with E-state index in [1.54, 1.807) is 24.5 Å². The van der Waals surface area contributed by atoms with E-state index in [4.69, 9.17) is 4.74 Å². The summed E-state index contributed by atoms with van der Waals surface area (Å²) in [6.45, 7) is 0.469. The Balaban J connectivity index is 1.44. The maximum atomic E-state index is 11.5. The predicted octanol–water partition coefficient (Wildman–Crippen LogP) is 3.82. The molecule has 1 heterocycles. The molecular weight excluding hydrogens is 418 g/mol. The number of carboxylic acid groups (broad SMARTS) is 1. The van der Waals surface area contributed by atoms with Crippen LogP contribution in [0.3, 0.4) is 0 Å². The van der Waals surface area contributed by atoms with Gasteiger partial charge in [0.05, 0.1) is 11.7 Å². The highest BCUT2D eigenvalue weighted by Gasteiger charge is 2.20. The maximum Gasteiger partial charge on any atom is 0.335 e. The Morgan fingerprint density at radius 2 is 2.03 bits per heavy atom. The van der Waals surface area contributed by atoms with Crippen LogP contribution in [0.5, 0.6) is 11.5 Å². The number of nitrogens with one attached hydrogen (secondary N) is 1. The molecule has 0 fully saturated rings. The Bertz CT molecular complexity index is 1120. The lowest BCUT2D eigenvalue weighted by Crippen LogP contribution is -2.37. The minimum Gasteiger partial charge on any atom is -0.478 e. The predicted molar refractivity (Wildman–Crippen MR) is 127 cm³/mol. The number of aryl methyl sites for hydroxylation is 1. The van der Waals surface area contributed by atoms with E-state index in [2.05, 4.69) is 16.4 Å². The van der Waals surface area contributed by atoms with Crippen molar-refractivity contribution in [3.63, 3.8) is 0 Å². The number of hydrogen-bond acceptors (Lipinski definition) is 6. The number of nitrogens with zero attached hydrogens (tertiary/aromatic N) is 2. The van der Waals surface area contributed by atoms with Crippen LogP contribution in [-0.4, -0.2) is 47.8 Å². The molecule has 1 aliphatic rings. The summed E-state index contributed by atoms with van der Waals surface area (Å²) in [7, 11) is 3.73. The Morgan fingerprint density at radius 1 is 1.18 bits per heavy atom. The Labute approximate surface area is 193 Å². The highest BCUT2D eigenvalue weighted by Crippen LogP contribution is 2.31. The number of aromatic carboxylic acids is 1. The Morgan fingerprint density at radius 3 is 2.76 bits per heavy atom. The summed E-state index contributed by atoms with van der Waals surface area (Å²) in [6.07, 6.45) is 5.58. The van der Waals surface area contributed by atoms with Crippen LogP contribution in [0.4, 0.5) is 5.69 Å². The molecule has 4 rings (SSSR count). The monoisotopic (exact) mass is 447 g/mol. The zero-order valence-electron chi connectivity index (χ0n) is 18.9. The number of carbonyl (C=O) groups is 1. The summed E-state index contributed by atoms with van der Waals surface area (Å²) in [5.74, 6) is 0.178. The third-order valence-corrected chi connectivity index (χ3v) is 5.97. The SMILES string of the molecule is CN(C)c1cc(Oc2ccc3c(c2)C[C@@H](NC[C@@H](O)c2cccnc2)CC3)cc(C(=O)O)c1. The summed E-state index contributed by atoms with van der Waals surface area (Å²) in [4.78, 5) is 17.4. The maximum absolute atomic E-state index is 11.5. The number of ether oxygens (including phenoxy) is 1. The number of anilines is 1. The highest BCUT2D eigenvalue weighted by atomic mass is 16.5. The van der Waals surface area contributed by atoms with E-state index in [1.165, 1.54) is 11.1 Å². The zero-order valence-corrected chi connectivity index (χ0v) is 18.9. The van der Waals surface area contributed by atoms with Crippen LogP contribution in [0.2, 0.25) is 0 Å². The van der Waals surface area contributed by atoms with Gasteiger partial charge in [-0.2, -0.15) is 0 Å². The smallest absolute Gasteiger partial charge is 0.335 e. The lowest BCUT2D eigenvalue weighted by molar-refractivity contribution is 0.0696. The van der Waals surface area contributed by atoms with Crippen molar-refractivity contribution in [2.45, 2.75) is 31.4 Å². The molecule has 3 aromatic rings. The largest absolute Gasteiger partial charge is 0.478 e. The number of aromatic nitrogens is 1. The number of rotatable bonds is 8. The summed E-state index contributed by atoms with van der Waals surface area (Å²) < 4.78 is 6.06. The zero-order chi connectivity index (χ0) is 23.4. The molecule has 0 bridgehead atoms. The summed E-state index contributed by atoms with van der Waals surface area (Å²) in [6, 6.07) is 15.0. The first-order valence-corrected chi connectivity index (χ1v) is 11.1. The van der Waals surface area contributed by atoms with Gasteiger partial charge < -0.3 is 25.2 Å². The van der Waals surface area contributed by atoms with Crippen LogP contribution in [0.1, 0.15) is 39.6 Å². The van der Waals surface area contributed by atoms with Gasteiger partial charge >= 0.3 is 5.97 Å². The normalized spacial score (nSPS) is 16.0. The number of fused-ring (bicyclic) bond motifs is 1. The van der Waals surface area contributed by atoms with Gasteiger partial charge in [0.25, 0.3) is 0 Å². The number of aliphatic hydroxyl groups is 1. The molecule has 2 atom stereocenters. The Kier molecular flexibility index (Phi) is 6.91. The second-order valence-corrected chi connectivity index (χ2v) is 8.60. The van der Waals surface area contributed by atoms with E-state index in [0.717, 1.165) is 30.5 Å². The van der Waals surface area contributed by atoms with E-state index in [9.17, 15) is 15.0 Å². The van der Waals surface area contributed by atoms with E-state index in [1.807, 2.05) is 49.3 Å². The van der Waals surface area contributed by atoms with Crippen LogP contribution >= 0.6 is 0 Å². The molecule has 0 amide bonds. The minimum absolute atomic E-state index is 0.186. The molecular formula is C26H29N3O4. The lowest BCUT2D eigenvalue weighted by Gasteiger charge is -2.27. The fourth-order valence-electron chi connectivity index (χ4n) is 4.10. The van der Waals surface area contributed by atoms with Crippen LogP contribution in [0, 0.1) is 0 Å². The molecule has 0 radical (unpaired) electrons. The van der Waals surface area contributed by atoms with Gasteiger partial charge in [-0.1, -0.05) is 12.1 Å². The van der Waals surface area contributed by atoms with Crippen LogP contribution in [0.15, 0.2) is 60.9 Å². The molecule has 0 aliphatic heterocycles. The van der Waals surface area contributed by atoms with E-state index < -0.39 is 12.1 Å². The van der Waals surface area contributed by atoms with Gasteiger partial charge in [0.15, 0.2) is 0 Å². The Hall–Kier alpha value is -3.42. The van der Waals surface area contributed by atoms with Crippen molar-refractivity contribution in [1.82, 2.24) is 10.3 Å². The molecule has 2 aromatic carbocycles. The van der Waals surface area contributed by atoms with Gasteiger partial charge in [-0.25, -0.2) is 4.79 Å². The third kappa shape index (κ3) is 5.69. The lowest BCUT2D eigenvalue weighted by atomic mass is 9.88. The van der Waals surface area contributed by atoms with Crippen molar-refractivity contribution in [1.29, 1.82) is 0 Å². The van der Waals surface area contributed by atoms with Crippen molar-refractivity contribution < 1.29 is 19.7 Å². The quantitative estimate of drug-likeness (QED) is 0.483. The fraction of sp³-hybridized carbons (Fsp3) is 0.308. The molecule has 0 saturated carbocycles. The minimum atomic E-state index is -0.989. The molecule has 3 N–H and O–H groups in total. The first-order valence-electron chi connectivity index (χ1n) is 11.1. The van der Waals surface area contributed by atoms with Gasteiger partial charge in [-0.05, 0) is 60.7 Å². The van der Waals surface area contributed by atoms with Gasteiger partial charge in [0, 0.05) is 56.4 Å². The third-order valence-electron chi connectivity index (χ3n) is 5.97. The van der Waals surface area contributed by atoms with Crippen LogP contribution in [0.25, 0.3) is 0 Å². The van der Waals surface area contributed by atoms with E-state index in [-0.39, 0.29) is 11.6 Å². The average molecular weight is 448 g/mol. The average Bonchev–Trinajstić information content (AvgIpc) is 2.82. The van der Waals surface area contributed by atoms with Crippen molar-refractivity contribution in [2.24, 2.45) is 0 Å². The topological polar surface area (TPSA) is 94.9 Å². The fourth-order valence-corrected chi connectivity index (χ4v) is 4.10. The summed E-state index contributed by atoms with van der Waals surface area (Å²) in [5, 5.41) is 23.3. The number of hydrogen-bond donors (Lipinski definition) is 3. The van der Waals surface area contributed by atoms with E-state index in [0.29, 0.717) is 18.0 Å². The number of pyridine rings is 1. The van der Waals surface area contributed by atoms with Gasteiger partial charge in [-0.3, -0.25) is 4.98 Å². The molecule has 0 unspecified atom stereocenters. The number of carboxylic acids is 1. The molecule has 33 heavy (non-hydrogen) atoms. The van der Waals surface area contributed by atoms with Crippen molar-refractivity contribution >= 4 is 11.7 Å². The molecule has 1 aliphatic carbocycles. The van der Waals surface area contributed by atoms with Gasteiger partial charge in [0.2, 0.25) is 0 Å².